The first-order valence-corrected chi connectivity index (χ1v) is 16.4. The molecule has 2 N–H and O–H groups in total. The number of sulfonamides is 1. The van der Waals surface area contributed by atoms with Crippen molar-refractivity contribution in [1.82, 2.24) is 34.6 Å². The predicted octanol–water partition coefficient (Wildman–Crippen LogP) is 3.34. The Hall–Kier alpha value is -3.45. The predicted molar refractivity (Wildman–Crippen MR) is 157 cm³/mol. The van der Waals surface area contributed by atoms with Crippen LogP contribution in [0.5, 0.6) is 5.88 Å². The van der Waals surface area contributed by atoms with Crippen LogP contribution in [0.15, 0.2) is 41.7 Å². The maximum absolute atomic E-state index is 13.4. The second-order valence-corrected chi connectivity index (χ2v) is 13.9. The molecule has 0 spiro atoms. The molecule has 226 valence electrons. The largest absolute Gasteiger partial charge is 0.477 e. The molecule has 3 aromatic rings. The van der Waals surface area contributed by atoms with Gasteiger partial charge in [0.25, 0.3) is 15.9 Å². The summed E-state index contributed by atoms with van der Waals surface area (Å²) >= 11 is 0. The minimum absolute atomic E-state index is 0.141. The van der Waals surface area contributed by atoms with Gasteiger partial charge in [-0.05, 0) is 88.3 Å². The number of hydrogen-bond acceptors (Lipinski definition) is 9. The normalized spacial score (nSPS) is 18.5. The van der Waals surface area contributed by atoms with E-state index in [0.29, 0.717) is 43.9 Å². The molecule has 3 aromatic heterocycles. The molecule has 0 aromatic carbocycles. The van der Waals surface area contributed by atoms with Gasteiger partial charge in [-0.2, -0.15) is 13.5 Å². The second kappa shape index (κ2) is 11.3. The van der Waals surface area contributed by atoms with Crippen LogP contribution in [-0.2, 0) is 16.6 Å². The lowest BCUT2D eigenvalue weighted by molar-refractivity contribution is 0.0981. The number of amides is 1. The standard InChI is InChI=1S/C29H40N8O4S/c1-4-14-35-15-12-26(33-35)42(39,40)34-28(38)23-9-10-24(31-27(23)36-19-30-18-29(36,2)3)37-16-11-25(32-37)41-17-13-22(20-5-6-20)21-7-8-21/h9-12,15-16,20-22,30H,4-8,13-14,17-19H2,1-3H3,(H,34,38). The first-order valence-electron chi connectivity index (χ1n) is 14.9. The van der Waals surface area contributed by atoms with E-state index in [9.17, 15) is 13.2 Å². The molecule has 3 aliphatic rings. The Morgan fingerprint density at radius 3 is 2.55 bits per heavy atom. The first-order chi connectivity index (χ1) is 20.1. The zero-order valence-electron chi connectivity index (χ0n) is 24.5. The number of carbonyl (C=O) groups excluding carboxylic acids is 1. The molecule has 3 fully saturated rings. The lowest BCUT2D eigenvalue weighted by Gasteiger charge is -2.32. The van der Waals surface area contributed by atoms with Gasteiger partial charge in [0.1, 0.15) is 5.82 Å². The molecule has 0 radical (unpaired) electrons. The van der Waals surface area contributed by atoms with Gasteiger partial charge < -0.3 is 9.64 Å². The molecule has 1 saturated heterocycles. The van der Waals surface area contributed by atoms with Gasteiger partial charge in [0, 0.05) is 37.1 Å². The number of nitrogens with one attached hydrogen (secondary N) is 2. The Morgan fingerprint density at radius 1 is 1.12 bits per heavy atom. The summed E-state index contributed by atoms with van der Waals surface area (Å²) in [4.78, 5) is 20.2. The Balaban J connectivity index is 1.21. The van der Waals surface area contributed by atoms with E-state index in [4.69, 9.17) is 9.72 Å². The molecule has 0 atom stereocenters. The fraction of sp³-hybridized carbons (Fsp3) is 0.586. The monoisotopic (exact) mass is 596 g/mol. The highest BCUT2D eigenvalue weighted by atomic mass is 32.2. The minimum atomic E-state index is -4.18. The highest BCUT2D eigenvalue weighted by Gasteiger charge is 2.41. The average molecular weight is 597 g/mol. The second-order valence-electron chi connectivity index (χ2n) is 12.3. The third-order valence-electron chi connectivity index (χ3n) is 8.45. The maximum atomic E-state index is 13.4. The number of aromatic nitrogens is 5. The van der Waals surface area contributed by atoms with E-state index in [0.717, 1.165) is 30.6 Å². The Kier molecular flexibility index (Phi) is 7.73. The van der Waals surface area contributed by atoms with Crippen molar-refractivity contribution in [2.45, 2.75) is 76.4 Å². The van der Waals surface area contributed by atoms with Crippen molar-refractivity contribution < 1.29 is 17.9 Å². The van der Waals surface area contributed by atoms with E-state index in [1.807, 2.05) is 31.7 Å². The minimum Gasteiger partial charge on any atom is -0.477 e. The number of anilines is 1. The Bertz CT molecular complexity index is 1530. The van der Waals surface area contributed by atoms with Gasteiger partial charge in [-0.25, -0.2) is 14.4 Å². The molecular formula is C29H40N8O4S. The summed E-state index contributed by atoms with van der Waals surface area (Å²) in [6.07, 6.45) is 10.7. The number of ether oxygens (including phenoxy) is 1. The van der Waals surface area contributed by atoms with E-state index in [1.165, 1.54) is 31.7 Å². The smallest absolute Gasteiger partial charge is 0.283 e. The molecule has 2 aliphatic carbocycles. The van der Waals surface area contributed by atoms with E-state index in [1.54, 1.807) is 33.9 Å². The van der Waals surface area contributed by atoms with Crippen molar-refractivity contribution in [3.05, 3.63) is 42.2 Å². The van der Waals surface area contributed by atoms with E-state index in [2.05, 4.69) is 20.2 Å². The molecule has 1 amide bonds. The summed E-state index contributed by atoms with van der Waals surface area (Å²) in [5.41, 5.74) is -0.224. The summed E-state index contributed by atoms with van der Waals surface area (Å²) in [5.74, 6) is 3.16. The fourth-order valence-electron chi connectivity index (χ4n) is 5.88. The molecule has 2 saturated carbocycles. The third-order valence-corrected chi connectivity index (χ3v) is 9.67. The van der Waals surface area contributed by atoms with Crippen molar-refractivity contribution >= 4 is 21.7 Å². The average Bonchev–Trinajstić information content (AvgIpc) is 3.84. The zero-order valence-corrected chi connectivity index (χ0v) is 25.3. The molecule has 42 heavy (non-hydrogen) atoms. The van der Waals surface area contributed by atoms with Crippen LogP contribution < -0.4 is 19.7 Å². The number of pyridine rings is 1. The van der Waals surface area contributed by atoms with Crippen LogP contribution in [0.4, 0.5) is 5.82 Å². The van der Waals surface area contributed by atoms with Crippen molar-refractivity contribution in [3.8, 4) is 11.7 Å². The quantitative estimate of drug-likeness (QED) is 0.304. The third kappa shape index (κ3) is 6.17. The van der Waals surface area contributed by atoms with Gasteiger partial charge in [-0.1, -0.05) is 6.92 Å². The summed E-state index contributed by atoms with van der Waals surface area (Å²) in [7, 11) is -4.18. The maximum Gasteiger partial charge on any atom is 0.283 e. The van der Waals surface area contributed by atoms with Crippen LogP contribution in [0.1, 0.15) is 69.7 Å². The van der Waals surface area contributed by atoms with Gasteiger partial charge in [0.05, 0.1) is 18.8 Å². The van der Waals surface area contributed by atoms with Crippen molar-refractivity contribution in [1.29, 1.82) is 0 Å². The summed E-state index contributed by atoms with van der Waals surface area (Å²) in [6, 6.07) is 6.45. The van der Waals surface area contributed by atoms with Gasteiger partial charge in [-0.15, -0.1) is 5.10 Å². The number of hydrogen-bond donors (Lipinski definition) is 2. The Morgan fingerprint density at radius 2 is 1.88 bits per heavy atom. The summed E-state index contributed by atoms with van der Waals surface area (Å²) < 4.78 is 37.4. The molecule has 12 nitrogen and oxygen atoms in total. The number of aryl methyl sites for hydroxylation is 1. The van der Waals surface area contributed by atoms with E-state index in [-0.39, 0.29) is 16.1 Å². The van der Waals surface area contributed by atoms with Crippen LogP contribution in [0.2, 0.25) is 0 Å². The molecule has 4 heterocycles. The molecule has 0 unspecified atom stereocenters. The Labute approximate surface area is 246 Å². The number of carbonyl (C=O) groups is 1. The molecule has 0 bridgehead atoms. The lowest BCUT2D eigenvalue weighted by Crippen LogP contribution is -2.42. The fourth-order valence-corrected chi connectivity index (χ4v) is 6.79. The molecular weight excluding hydrogens is 556 g/mol. The van der Waals surface area contributed by atoms with Crippen LogP contribution in [-0.4, -0.2) is 64.2 Å². The number of rotatable bonds is 13. The molecule has 13 heteroatoms. The SMILES string of the molecule is CCCn1ccc(S(=O)(=O)NC(=O)c2ccc(-n3ccc(OCCC(C4CC4)C4CC4)n3)nc2N2CNCC2(C)C)n1. The number of nitrogens with zero attached hydrogens (tertiary/aromatic N) is 6. The highest BCUT2D eigenvalue weighted by molar-refractivity contribution is 7.90. The highest BCUT2D eigenvalue weighted by Crippen LogP contribution is 2.50. The van der Waals surface area contributed by atoms with Gasteiger partial charge >= 0.3 is 0 Å². The summed E-state index contributed by atoms with van der Waals surface area (Å²) in [5, 5.41) is 11.8. The van der Waals surface area contributed by atoms with Gasteiger partial charge in [0.2, 0.25) is 5.88 Å². The first kappa shape index (κ1) is 28.7. The summed E-state index contributed by atoms with van der Waals surface area (Å²) in [6.45, 7) is 8.40. The van der Waals surface area contributed by atoms with Crippen LogP contribution in [0, 0.1) is 17.8 Å². The topological polar surface area (TPSA) is 136 Å². The van der Waals surface area contributed by atoms with Gasteiger partial charge in [0.15, 0.2) is 10.8 Å². The van der Waals surface area contributed by atoms with Crippen molar-refractivity contribution in [2.24, 2.45) is 17.8 Å². The van der Waals surface area contributed by atoms with Crippen LogP contribution in [0.25, 0.3) is 5.82 Å². The van der Waals surface area contributed by atoms with Crippen LogP contribution >= 0.6 is 0 Å². The van der Waals surface area contributed by atoms with Crippen molar-refractivity contribution in [2.75, 3.05) is 24.7 Å². The lowest BCUT2D eigenvalue weighted by atomic mass is 9.95. The molecule has 6 rings (SSSR count). The van der Waals surface area contributed by atoms with E-state index < -0.39 is 15.9 Å². The van der Waals surface area contributed by atoms with Gasteiger partial charge in [-0.3, -0.25) is 14.8 Å². The van der Waals surface area contributed by atoms with E-state index >= 15 is 0 Å². The van der Waals surface area contributed by atoms with Crippen molar-refractivity contribution in [3.63, 3.8) is 0 Å². The molecule has 1 aliphatic heterocycles. The zero-order chi connectivity index (χ0) is 29.5. The van der Waals surface area contributed by atoms with Crippen LogP contribution in [0.3, 0.4) is 0 Å².